The van der Waals surface area contributed by atoms with Crippen molar-refractivity contribution in [3.8, 4) is 11.5 Å². The van der Waals surface area contributed by atoms with Crippen molar-refractivity contribution < 1.29 is 19.1 Å². The number of halogens is 1. The molecule has 0 saturated carbocycles. The number of alkyl halides is 1. The van der Waals surface area contributed by atoms with Crippen molar-refractivity contribution in [3.63, 3.8) is 0 Å². The molecule has 1 heterocycles. The molecule has 0 unspecified atom stereocenters. The van der Waals surface area contributed by atoms with E-state index in [4.69, 9.17) is 20.8 Å². The number of rotatable bonds is 5. The van der Waals surface area contributed by atoms with Gasteiger partial charge >= 0.3 is 0 Å². The van der Waals surface area contributed by atoms with Gasteiger partial charge in [0.05, 0.1) is 13.0 Å². The zero-order chi connectivity index (χ0) is 15.4. The van der Waals surface area contributed by atoms with Crippen LogP contribution in [0.15, 0.2) is 34.7 Å². The first-order chi connectivity index (χ1) is 10.0. The highest BCUT2D eigenvalue weighted by molar-refractivity contribution is 6.16. The van der Waals surface area contributed by atoms with E-state index in [9.17, 15) is 9.90 Å². The van der Waals surface area contributed by atoms with E-state index < -0.39 is 0 Å². The number of aromatic hydroxyl groups is 1. The molecular formula is C15H16ClNO4. The van der Waals surface area contributed by atoms with Crippen LogP contribution in [-0.4, -0.2) is 30.1 Å². The fraction of sp³-hybridized carbons (Fsp3) is 0.267. The molecule has 0 saturated heterocycles. The number of carbonyl (C=O) groups is 1. The highest BCUT2D eigenvalue weighted by Gasteiger charge is 2.17. The SMILES string of the molecule is COc1ccc(CN(C)C(=O)c2ccc(CCl)o2)c(O)c1. The molecule has 1 N–H and O–H groups in total. The number of methoxy groups -OCH3 is 1. The molecule has 0 aliphatic heterocycles. The van der Waals surface area contributed by atoms with Gasteiger partial charge in [-0.1, -0.05) is 0 Å². The van der Waals surface area contributed by atoms with E-state index in [1.165, 1.54) is 18.1 Å². The Hall–Kier alpha value is -2.14. The van der Waals surface area contributed by atoms with Crippen LogP contribution in [0.4, 0.5) is 0 Å². The van der Waals surface area contributed by atoms with Gasteiger partial charge < -0.3 is 19.2 Å². The average molecular weight is 310 g/mol. The standard InChI is InChI=1S/C15H16ClNO4/c1-17(15(19)14-6-5-12(8-16)21-14)9-10-3-4-11(20-2)7-13(10)18/h3-7,18H,8-9H2,1-2H3. The van der Waals surface area contributed by atoms with Gasteiger partial charge in [0.2, 0.25) is 0 Å². The van der Waals surface area contributed by atoms with Gasteiger partial charge in [0.25, 0.3) is 5.91 Å². The van der Waals surface area contributed by atoms with Crippen LogP contribution in [-0.2, 0) is 12.4 Å². The van der Waals surface area contributed by atoms with E-state index in [2.05, 4.69) is 0 Å². The summed E-state index contributed by atoms with van der Waals surface area (Å²) < 4.78 is 10.3. The van der Waals surface area contributed by atoms with E-state index in [1.807, 2.05) is 0 Å². The summed E-state index contributed by atoms with van der Waals surface area (Å²) in [6.07, 6.45) is 0. The van der Waals surface area contributed by atoms with Gasteiger partial charge in [0, 0.05) is 25.2 Å². The van der Waals surface area contributed by atoms with Crippen molar-refractivity contribution in [1.82, 2.24) is 4.90 Å². The Kier molecular flexibility index (Phi) is 4.75. The largest absolute Gasteiger partial charge is 0.507 e. The van der Waals surface area contributed by atoms with Crippen LogP contribution < -0.4 is 4.74 Å². The molecule has 1 aromatic heterocycles. The lowest BCUT2D eigenvalue weighted by Gasteiger charge is -2.17. The van der Waals surface area contributed by atoms with Crippen LogP contribution in [0.3, 0.4) is 0 Å². The van der Waals surface area contributed by atoms with Gasteiger partial charge in [0.1, 0.15) is 17.3 Å². The van der Waals surface area contributed by atoms with Crippen LogP contribution in [0.2, 0.25) is 0 Å². The van der Waals surface area contributed by atoms with E-state index >= 15 is 0 Å². The van der Waals surface area contributed by atoms with Crippen LogP contribution in [0.25, 0.3) is 0 Å². The lowest BCUT2D eigenvalue weighted by atomic mass is 10.2. The van der Waals surface area contributed by atoms with Crippen molar-refractivity contribution >= 4 is 17.5 Å². The van der Waals surface area contributed by atoms with Crippen LogP contribution in [0, 0.1) is 0 Å². The van der Waals surface area contributed by atoms with Crippen LogP contribution >= 0.6 is 11.6 Å². The molecule has 6 heteroatoms. The Balaban J connectivity index is 2.10. The summed E-state index contributed by atoms with van der Waals surface area (Å²) in [7, 11) is 3.16. The molecule has 112 valence electrons. The number of ether oxygens (including phenoxy) is 1. The first kappa shape index (κ1) is 15.3. The highest BCUT2D eigenvalue weighted by Crippen LogP contribution is 2.24. The fourth-order valence-electron chi connectivity index (χ4n) is 1.88. The lowest BCUT2D eigenvalue weighted by Crippen LogP contribution is -2.25. The Morgan fingerprint density at radius 1 is 1.38 bits per heavy atom. The number of benzene rings is 1. The summed E-state index contributed by atoms with van der Waals surface area (Å²) in [5, 5.41) is 9.91. The van der Waals surface area contributed by atoms with Crippen molar-refractivity contribution in [2.24, 2.45) is 0 Å². The highest BCUT2D eigenvalue weighted by atomic mass is 35.5. The summed E-state index contributed by atoms with van der Waals surface area (Å²) in [6.45, 7) is 0.256. The van der Waals surface area contributed by atoms with Gasteiger partial charge in [-0.3, -0.25) is 4.79 Å². The third-order valence-electron chi connectivity index (χ3n) is 3.05. The Morgan fingerprint density at radius 3 is 2.71 bits per heavy atom. The second-order valence-electron chi connectivity index (χ2n) is 4.56. The normalized spacial score (nSPS) is 10.4. The third-order valence-corrected chi connectivity index (χ3v) is 3.31. The molecule has 1 aromatic carbocycles. The lowest BCUT2D eigenvalue weighted by molar-refractivity contribution is 0.0751. The minimum absolute atomic E-state index is 0.0786. The topological polar surface area (TPSA) is 62.9 Å². The number of nitrogens with zero attached hydrogens (tertiary/aromatic N) is 1. The molecule has 0 fully saturated rings. The monoisotopic (exact) mass is 309 g/mol. The number of amides is 1. The molecule has 0 atom stereocenters. The minimum Gasteiger partial charge on any atom is -0.507 e. The van der Waals surface area contributed by atoms with E-state index in [0.717, 1.165) is 0 Å². The maximum absolute atomic E-state index is 12.2. The molecule has 0 spiro atoms. The second kappa shape index (κ2) is 6.54. The molecule has 0 aliphatic rings. The van der Waals surface area contributed by atoms with E-state index in [1.54, 1.807) is 31.3 Å². The summed E-state index contributed by atoms with van der Waals surface area (Å²) in [5.41, 5.74) is 0.621. The average Bonchev–Trinajstić information content (AvgIpc) is 2.97. The van der Waals surface area contributed by atoms with Crippen LogP contribution in [0.1, 0.15) is 21.9 Å². The van der Waals surface area contributed by atoms with E-state index in [0.29, 0.717) is 17.1 Å². The molecule has 1 amide bonds. The molecule has 2 rings (SSSR count). The first-order valence-electron chi connectivity index (χ1n) is 6.31. The summed E-state index contributed by atoms with van der Waals surface area (Å²) >= 11 is 5.64. The third kappa shape index (κ3) is 3.49. The number of phenolic OH excluding ortho intramolecular Hbond substituents is 1. The number of hydrogen-bond donors (Lipinski definition) is 1. The minimum atomic E-state index is -0.276. The number of furan rings is 1. The van der Waals surface area contributed by atoms with E-state index in [-0.39, 0.29) is 29.8 Å². The molecule has 0 bridgehead atoms. The molecule has 0 radical (unpaired) electrons. The Morgan fingerprint density at radius 2 is 2.14 bits per heavy atom. The van der Waals surface area contributed by atoms with Gasteiger partial charge in [0.15, 0.2) is 5.76 Å². The predicted octanol–water partition coefficient (Wildman–Crippen LogP) is 3.00. The molecule has 5 nitrogen and oxygen atoms in total. The Bertz CT molecular complexity index is 638. The maximum Gasteiger partial charge on any atom is 0.289 e. The van der Waals surface area contributed by atoms with Gasteiger partial charge in [-0.2, -0.15) is 0 Å². The summed E-state index contributed by atoms with van der Waals surface area (Å²) in [4.78, 5) is 13.7. The zero-order valence-corrected chi connectivity index (χ0v) is 12.6. The van der Waals surface area contributed by atoms with Gasteiger partial charge in [-0.15, -0.1) is 11.6 Å². The number of hydrogen-bond acceptors (Lipinski definition) is 4. The summed E-state index contributed by atoms with van der Waals surface area (Å²) in [6, 6.07) is 8.20. The predicted molar refractivity (Wildman–Crippen MR) is 78.7 cm³/mol. The van der Waals surface area contributed by atoms with Crippen molar-refractivity contribution in [2.45, 2.75) is 12.4 Å². The van der Waals surface area contributed by atoms with Crippen molar-refractivity contribution in [1.29, 1.82) is 0 Å². The Labute approximate surface area is 127 Å². The van der Waals surface area contributed by atoms with Gasteiger partial charge in [-0.05, 0) is 24.3 Å². The molecule has 21 heavy (non-hydrogen) atoms. The maximum atomic E-state index is 12.2. The van der Waals surface area contributed by atoms with Crippen molar-refractivity contribution in [2.75, 3.05) is 14.2 Å². The molecule has 0 aliphatic carbocycles. The fourth-order valence-corrected chi connectivity index (χ4v) is 2.03. The summed E-state index contributed by atoms with van der Waals surface area (Å²) in [5.74, 6) is 1.34. The van der Waals surface area contributed by atoms with Crippen molar-refractivity contribution in [3.05, 3.63) is 47.4 Å². The zero-order valence-electron chi connectivity index (χ0n) is 11.8. The van der Waals surface area contributed by atoms with Crippen LogP contribution in [0.5, 0.6) is 11.5 Å². The first-order valence-corrected chi connectivity index (χ1v) is 6.84. The molecular weight excluding hydrogens is 294 g/mol. The second-order valence-corrected chi connectivity index (χ2v) is 4.82. The smallest absolute Gasteiger partial charge is 0.289 e. The quantitative estimate of drug-likeness (QED) is 0.862. The number of carbonyl (C=O) groups excluding carboxylic acids is 1. The molecule has 2 aromatic rings. The van der Waals surface area contributed by atoms with Gasteiger partial charge in [-0.25, -0.2) is 0 Å². The number of phenols is 1.